The molecule has 1 aliphatic rings. The molecule has 0 heterocycles. The van der Waals surface area contributed by atoms with E-state index in [1.807, 2.05) is 48.5 Å². The van der Waals surface area contributed by atoms with Crippen LogP contribution in [0.25, 0.3) is 0 Å². The molecule has 0 amide bonds. The standard InChI is InChI=1S/C18H19NO/c20-17-13-7-8-14-18(17,15-9-3-1-4-10-15)19-16-11-5-2-6-12-16/h1-6,9-12,19H,7-8,13-14H2/t18-/m0/s1. The number of carbonyl (C=O) groups is 1. The smallest absolute Gasteiger partial charge is 0.162 e. The van der Waals surface area contributed by atoms with Gasteiger partial charge in [-0.25, -0.2) is 0 Å². The Labute approximate surface area is 119 Å². The molecule has 102 valence electrons. The van der Waals surface area contributed by atoms with Crippen molar-refractivity contribution in [2.45, 2.75) is 31.2 Å². The van der Waals surface area contributed by atoms with Crippen LogP contribution in [0, 0.1) is 0 Å². The fraction of sp³-hybridized carbons (Fsp3) is 0.278. The van der Waals surface area contributed by atoms with Crippen molar-refractivity contribution >= 4 is 11.5 Å². The molecular formula is C18H19NO. The number of anilines is 1. The minimum absolute atomic E-state index is 0.304. The van der Waals surface area contributed by atoms with Crippen LogP contribution in [0.2, 0.25) is 0 Å². The summed E-state index contributed by atoms with van der Waals surface area (Å²) in [6.07, 6.45) is 3.61. The van der Waals surface area contributed by atoms with Gasteiger partial charge >= 0.3 is 0 Å². The Morgan fingerprint density at radius 2 is 1.50 bits per heavy atom. The second-order valence-corrected chi connectivity index (χ2v) is 5.39. The molecule has 2 heteroatoms. The molecule has 0 aliphatic heterocycles. The monoisotopic (exact) mass is 265 g/mol. The fourth-order valence-corrected chi connectivity index (χ4v) is 3.03. The van der Waals surface area contributed by atoms with Crippen molar-refractivity contribution in [2.24, 2.45) is 0 Å². The zero-order valence-electron chi connectivity index (χ0n) is 11.5. The van der Waals surface area contributed by atoms with E-state index in [1.165, 1.54) is 0 Å². The summed E-state index contributed by atoms with van der Waals surface area (Å²) in [5, 5.41) is 3.51. The summed E-state index contributed by atoms with van der Waals surface area (Å²) in [7, 11) is 0. The van der Waals surface area contributed by atoms with Crippen molar-refractivity contribution in [2.75, 3.05) is 5.32 Å². The lowest BCUT2D eigenvalue weighted by Gasteiger charge is -2.38. The van der Waals surface area contributed by atoms with Crippen molar-refractivity contribution < 1.29 is 4.79 Å². The first-order valence-electron chi connectivity index (χ1n) is 7.23. The van der Waals surface area contributed by atoms with Gasteiger partial charge in [-0.1, -0.05) is 48.5 Å². The highest BCUT2D eigenvalue weighted by Crippen LogP contribution is 2.37. The lowest BCUT2D eigenvalue weighted by Crippen LogP contribution is -2.45. The number of ketones is 1. The first kappa shape index (κ1) is 12.9. The molecule has 0 spiro atoms. The van der Waals surface area contributed by atoms with E-state index >= 15 is 0 Å². The SMILES string of the molecule is O=C1CCCC[C@]1(Nc1ccccc1)c1ccccc1. The van der Waals surface area contributed by atoms with Crippen LogP contribution in [0.15, 0.2) is 60.7 Å². The Balaban J connectivity index is 2.02. The van der Waals surface area contributed by atoms with Gasteiger partial charge in [0.1, 0.15) is 5.54 Å². The van der Waals surface area contributed by atoms with Crippen molar-refractivity contribution in [3.63, 3.8) is 0 Å². The molecule has 2 aromatic carbocycles. The normalized spacial score (nSPS) is 22.5. The zero-order valence-corrected chi connectivity index (χ0v) is 11.5. The van der Waals surface area contributed by atoms with Gasteiger partial charge in [0, 0.05) is 12.1 Å². The van der Waals surface area contributed by atoms with Crippen LogP contribution < -0.4 is 5.32 Å². The fourth-order valence-electron chi connectivity index (χ4n) is 3.03. The number of benzene rings is 2. The van der Waals surface area contributed by atoms with Gasteiger partial charge < -0.3 is 5.32 Å². The first-order valence-corrected chi connectivity index (χ1v) is 7.23. The number of hydrogen-bond acceptors (Lipinski definition) is 2. The van der Waals surface area contributed by atoms with Crippen molar-refractivity contribution in [1.29, 1.82) is 0 Å². The van der Waals surface area contributed by atoms with E-state index in [0.717, 1.165) is 30.5 Å². The number of hydrogen-bond donors (Lipinski definition) is 1. The Bertz CT molecular complexity index is 579. The van der Waals surface area contributed by atoms with Crippen LogP contribution in [0.4, 0.5) is 5.69 Å². The van der Waals surface area contributed by atoms with Crippen LogP contribution in [0.1, 0.15) is 31.2 Å². The van der Waals surface area contributed by atoms with Crippen LogP contribution in [0.3, 0.4) is 0 Å². The second kappa shape index (κ2) is 5.49. The van der Waals surface area contributed by atoms with Gasteiger partial charge in [-0.3, -0.25) is 4.79 Å². The molecule has 2 nitrogen and oxygen atoms in total. The molecule has 1 N–H and O–H groups in total. The van der Waals surface area contributed by atoms with Gasteiger partial charge in [0.05, 0.1) is 0 Å². The maximum Gasteiger partial charge on any atom is 0.162 e. The van der Waals surface area contributed by atoms with E-state index in [9.17, 15) is 4.79 Å². The average molecular weight is 265 g/mol. The summed E-state index contributed by atoms with van der Waals surface area (Å²) in [5.41, 5.74) is 1.53. The summed E-state index contributed by atoms with van der Waals surface area (Å²) in [5.74, 6) is 0.304. The van der Waals surface area contributed by atoms with Gasteiger partial charge in [0.2, 0.25) is 0 Å². The van der Waals surface area contributed by atoms with Crippen molar-refractivity contribution in [1.82, 2.24) is 0 Å². The topological polar surface area (TPSA) is 29.1 Å². The van der Waals surface area contributed by atoms with E-state index in [0.29, 0.717) is 12.2 Å². The third-order valence-electron chi connectivity index (χ3n) is 4.08. The molecule has 0 radical (unpaired) electrons. The first-order chi connectivity index (χ1) is 9.81. The predicted molar refractivity (Wildman–Crippen MR) is 81.7 cm³/mol. The molecule has 1 atom stereocenters. The quantitative estimate of drug-likeness (QED) is 0.903. The largest absolute Gasteiger partial charge is 0.369 e. The summed E-state index contributed by atoms with van der Waals surface area (Å²) in [6, 6.07) is 20.1. The van der Waals surface area contributed by atoms with Crippen LogP contribution >= 0.6 is 0 Å². The number of carbonyl (C=O) groups excluding carboxylic acids is 1. The highest BCUT2D eigenvalue weighted by molar-refractivity contribution is 5.93. The van der Waals surface area contributed by atoms with E-state index in [1.54, 1.807) is 0 Å². The Kier molecular flexibility index (Phi) is 3.55. The minimum atomic E-state index is -0.555. The summed E-state index contributed by atoms with van der Waals surface area (Å²) < 4.78 is 0. The van der Waals surface area contributed by atoms with Crippen molar-refractivity contribution in [3.8, 4) is 0 Å². The van der Waals surface area contributed by atoms with Gasteiger partial charge in [-0.15, -0.1) is 0 Å². The second-order valence-electron chi connectivity index (χ2n) is 5.39. The third kappa shape index (κ3) is 2.34. The third-order valence-corrected chi connectivity index (χ3v) is 4.08. The summed E-state index contributed by atoms with van der Waals surface area (Å²) in [4.78, 5) is 12.7. The molecule has 0 bridgehead atoms. The van der Waals surface area contributed by atoms with E-state index < -0.39 is 5.54 Å². The molecule has 20 heavy (non-hydrogen) atoms. The van der Waals surface area contributed by atoms with Crippen LogP contribution in [-0.4, -0.2) is 5.78 Å². The Morgan fingerprint density at radius 1 is 0.850 bits per heavy atom. The molecule has 0 aromatic heterocycles. The van der Waals surface area contributed by atoms with Crippen LogP contribution in [0.5, 0.6) is 0 Å². The summed E-state index contributed by atoms with van der Waals surface area (Å²) in [6.45, 7) is 0. The van der Waals surface area contributed by atoms with Crippen LogP contribution in [-0.2, 0) is 10.3 Å². The van der Waals surface area contributed by atoms with E-state index in [2.05, 4.69) is 17.4 Å². The molecule has 1 saturated carbocycles. The predicted octanol–water partition coefficient (Wildman–Crippen LogP) is 4.14. The Hall–Kier alpha value is -2.09. The zero-order chi connectivity index (χ0) is 13.8. The number of rotatable bonds is 3. The summed E-state index contributed by atoms with van der Waals surface area (Å²) >= 11 is 0. The lowest BCUT2D eigenvalue weighted by molar-refractivity contribution is -0.125. The maximum atomic E-state index is 12.7. The minimum Gasteiger partial charge on any atom is -0.369 e. The Morgan fingerprint density at radius 3 is 2.15 bits per heavy atom. The number of para-hydroxylation sites is 1. The van der Waals surface area contributed by atoms with Gasteiger partial charge in [0.15, 0.2) is 5.78 Å². The maximum absolute atomic E-state index is 12.7. The number of nitrogens with one attached hydrogen (secondary N) is 1. The lowest BCUT2D eigenvalue weighted by atomic mass is 9.75. The van der Waals surface area contributed by atoms with Gasteiger partial charge in [0.25, 0.3) is 0 Å². The number of Topliss-reactive ketones (excluding diaryl/α,β-unsaturated/α-hetero) is 1. The molecular weight excluding hydrogens is 246 g/mol. The van der Waals surface area contributed by atoms with E-state index in [-0.39, 0.29) is 0 Å². The molecule has 2 aromatic rings. The molecule has 1 aliphatic carbocycles. The molecule has 0 saturated heterocycles. The highest BCUT2D eigenvalue weighted by Gasteiger charge is 2.41. The van der Waals surface area contributed by atoms with Gasteiger partial charge in [-0.05, 0) is 37.0 Å². The molecule has 3 rings (SSSR count). The molecule has 0 unspecified atom stereocenters. The average Bonchev–Trinajstić information content (AvgIpc) is 2.52. The highest BCUT2D eigenvalue weighted by atomic mass is 16.1. The molecule has 1 fully saturated rings. The van der Waals surface area contributed by atoms with E-state index in [4.69, 9.17) is 0 Å². The van der Waals surface area contributed by atoms with Crippen molar-refractivity contribution in [3.05, 3.63) is 66.2 Å². The van der Waals surface area contributed by atoms with Gasteiger partial charge in [-0.2, -0.15) is 0 Å².